The molecule has 6 nitrogen and oxygen atoms in total. The molecule has 5 rings (SSSR count). The van der Waals surface area contributed by atoms with E-state index < -0.39 is 11.9 Å². The molecule has 3 atom stereocenters. The Labute approximate surface area is 199 Å². The maximum absolute atomic E-state index is 13.7. The number of benzene rings is 2. The molecule has 0 saturated carbocycles. The van der Waals surface area contributed by atoms with E-state index in [1.54, 1.807) is 0 Å². The lowest BCUT2D eigenvalue weighted by atomic mass is 9.71. The second-order valence-electron chi connectivity index (χ2n) is 9.16. The van der Waals surface area contributed by atoms with E-state index >= 15 is 0 Å². The zero-order chi connectivity index (χ0) is 23.8. The first kappa shape index (κ1) is 22.3. The molecule has 1 aliphatic carbocycles. The van der Waals surface area contributed by atoms with Crippen LogP contribution >= 0.6 is 0 Å². The third-order valence-electron chi connectivity index (χ3n) is 6.93. The second-order valence-corrected chi connectivity index (χ2v) is 9.16. The number of hydrogen-bond acceptors (Lipinski definition) is 6. The molecular formula is C28H29NO5. The highest BCUT2D eigenvalue weighted by Crippen LogP contribution is 2.47. The van der Waals surface area contributed by atoms with Crippen LogP contribution in [0.2, 0.25) is 0 Å². The Kier molecular flexibility index (Phi) is 5.90. The van der Waals surface area contributed by atoms with Gasteiger partial charge in [0.15, 0.2) is 17.3 Å². The maximum atomic E-state index is 13.7. The number of esters is 1. The maximum Gasteiger partial charge on any atom is 0.337 e. The summed E-state index contributed by atoms with van der Waals surface area (Å²) < 4.78 is 16.8. The van der Waals surface area contributed by atoms with Crippen molar-refractivity contribution in [2.45, 2.75) is 58.0 Å². The van der Waals surface area contributed by atoms with E-state index in [4.69, 9.17) is 14.2 Å². The van der Waals surface area contributed by atoms with E-state index in [9.17, 15) is 9.59 Å². The number of rotatable bonds is 5. The van der Waals surface area contributed by atoms with Crippen molar-refractivity contribution >= 4 is 11.8 Å². The molecule has 0 saturated heterocycles. The van der Waals surface area contributed by atoms with Gasteiger partial charge in [0.05, 0.1) is 11.7 Å². The van der Waals surface area contributed by atoms with Crippen LogP contribution in [0.15, 0.2) is 71.1 Å². The summed E-state index contributed by atoms with van der Waals surface area (Å²) in [5, 5.41) is 3.40. The molecule has 0 fully saturated rings. The second kappa shape index (κ2) is 9.01. The largest absolute Gasteiger partial charge is 0.459 e. The molecule has 2 aliphatic heterocycles. The molecule has 2 aromatic carbocycles. The highest BCUT2D eigenvalue weighted by atomic mass is 16.7. The summed E-state index contributed by atoms with van der Waals surface area (Å²) in [5.74, 6) is 0.509. The number of ketones is 1. The average molecular weight is 460 g/mol. The SMILES string of the molecule is CC[C@H](C)OC(=O)C1=C(C)NC2=C(C(=O)C[C@@H](c3ccccc3)C2)[C@H]1c1ccc2c(c1)OCO2. The number of Topliss-reactive ketones (excluding diaryl/α,β-unsaturated/α-hetero) is 1. The van der Waals surface area contributed by atoms with Crippen LogP contribution in [0.25, 0.3) is 0 Å². The van der Waals surface area contributed by atoms with Gasteiger partial charge >= 0.3 is 5.97 Å². The average Bonchev–Trinajstić information content (AvgIpc) is 3.31. The van der Waals surface area contributed by atoms with Gasteiger partial charge in [-0.2, -0.15) is 0 Å². The van der Waals surface area contributed by atoms with Crippen molar-refractivity contribution in [1.82, 2.24) is 5.32 Å². The van der Waals surface area contributed by atoms with Gasteiger partial charge in [-0.15, -0.1) is 0 Å². The number of fused-ring (bicyclic) bond motifs is 1. The smallest absolute Gasteiger partial charge is 0.337 e. The molecule has 2 aromatic rings. The fourth-order valence-electron chi connectivity index (χ4n) is 5.03. The molecular weight excluding hydrogens is 430 g/mol. The summed E-state index contributed by atoms with van der Waals surface area (Å²) in [6.45, 7) is 5.89. The van der Waals surface area contributed by atoms with Gasteiger partial charge in [-0.25, -0.2) is 4.79 Å². The van der Waals surface area contributed by atoms with Crippen molar-refractivity contribution in [2.24, 2.45) is 0 Å². The van der Waals surface area contributed by atoms with Crippen LogP contribution < -0.4 is 14.8 Å². The van der Waals surface area contributed by atoms with E-state index in [1.165, 1.54) is 0 Å². The van der Waals surface area contributed by atoms with E-state index in [0.29, 0.717) is 41.9 Å². The van der Waals surface area contributed by atoms with Crippen LogP contribution in [0.3, 0.4) is 0 Å². The number of nitrogens with one attached hydrogen (secondary N) is 1. The summed E-state index contributed by atoms with van der Waals surface area (Å²) in [5.41, 5.74) is 4.69. The predicted octanol–water partition coefficient (Wildman–Crippen LogP) is 5.12. The van der Waals surface area contributed by atoms with Crippen molar-refractivity contribution in [2.75, 3.05) is 6.79 Å². The fraction of sp³-hybridized carbons (Fsp3) is 0.357. The Morgan fingerprint density at radius 3 is 2.62 bits per heavy atom. The van der Waals surface area contributed by atoms with Gasteiger partial charge in [0.2, 0.25) is 6.79 Å². The van der Waals surface area contributed by atoms with Crippen molar-refractivity contribution in [3.8, 4) is 11.5 Å². The lowest BCUT2D eigenvalue weighted by Crippen LogP contribution is -2.36. The fourth-order valence-corrected chi connectivity index (χ4v) is 5.03. The lowest BCUT2D eigenvalue weighted by Gasteiger charge is -2.37. The zero-order valence-corrected chi connectivity index (χ0v) is 19.7. The van der Waals surface area contributed by atoms with E-state index in [1.807, 2.05) is 57.2 Å². The minimum absolute atomic E-state index is 0.0478. The minimum atomic E-state index is -0.522. The zero-order valence-electron chi connectivity index (χ0n) is 19.7. The number of carbonyl (C=O) groups is 2. The van der Waals surface area contributed by atoms with Crippen LogP contribution in [0.1, 0.15) is 63.0 Å². The Balaban J connectivity index is 1.59. The number of carbonyl (C=O) groups excluding carboxylic acids is 2. The summed E-state index contributed by atoms with van der Waals surface area (Å²) in [6, 6.07) is 15.8. The third-order valence-corrected chi connectivity index (χ3v) is 6.93. The number of ether oxygens (including phenoxy) is 3. The summed E-state index contributed by atoms with van der Waals surface area (Å²) in [7, 11) is 0. The van der Waals surface area contributed by atoms with Gasteiger partial charge in [-0.3, -0.25) is 4.79 Å². The Morgan fingerprint density at radius 2 is 1.85 bits per heavy atom. The Morgan fingerprint density at radius 1 is 1.09 bits per heavy atom. The van der Waals surface area contributed by atoms with Gasteiger partial charge in [-0.1, -0.05) is 43.3 Å². The number of allylic oxidation sites excluding steroid dienone is 3. The normalized spacial score (nSPS) is 22.3. The molecule has 0 spiro atoms. The molecule has 0 unspecified atom stereocenters. The third kappa shape index (κ3) is 3.98. The first-order chi connectivity index (χ1) is 16.5. The first-order valence-corrected chi connectivity index (χ1v) is 11.9. The van der Waals surface area contributed by atoms with Crippen LogP contribution in [0.5, 0.6) is 11.5 Å². The highest BCUT2D eigenvalue weighted by molar-refractivity contribution is 6.04. The van der Waals surface area contributed by atoms with Crippen LogP contribution in [0.4, 0.5) is 0 Å². The molecule has 0 radical (unpaired) electrons. The van der Waals surface area contributed by atoms with Gasteiger partial charge in [0.1, 0.15) is 0 Å². The molecule has 0 bridgehead atoms. The molecule has 0 aromatic heterocycles. The molecule has 2 heterocycles. The van der Waals surface area contributed by atoms with Crippen molar-refractivity contribution in [3.63, 3.8) is 0 Å². The summed E-state index contributed by atoms with van der Waals surface area (Å²) in [6.07, 6.45) is 1.60. The van der Waals surface area contributed by atoms with E-state index in [2.05, 4.69) is 17.4 Å². The topological polar surface area (TPSA) is 73.9 Å². The van der Waals surface area contributed by atoms with Gasteiger partial charge in [0.25, 0.3) is 0 Å². The number of dihydropyridines is 1. The van der Waals surface area contributed by atoms with Crippen molar-refractivity contribution in [1.29, 1.82) is 0 Å². The van der Waals surface area contributed by atoms with E-state index in [0.717, 1.165) is 22.5 Å². The van der Waals surface area contributed by atoms with Gasteiger partial charge in [-0.05, 0) is 55.9 Å². The van der Waals surface area contributed by atoms with Crippen molar-refractivity contribution < 1.29 is 23.8 Å². The molecule has 3 aliphatic rings. The van der Waals surface area contributed by atoms with Crippen LogP contribution in [-0.4, -0.2) is 24.6 Å². The van der Waals surface area contributed by atoms with Crippen LogP contribution in [0, 0.1) is 0 Å². The van der Waals surface area contributed by atoms with Gasteiger partial charge < -0.3 is 19.5 Å². The van der Waals surface area contributed by atoms with E-state index in [-0.39, 0.29) is 24.6 Å². The Bertz CT molecular complexity index is 1200. The summed E-state index contributed by atoms with van der Waals surface area (Å²) >= 11 is 0. The molecule has 1 N–H and O–H groups in total. The van der Waals surface area contributed by atoms with Gasteiger partial charge in [0, 0.05) is 29.3 Å². The van der Waals surface area contributed by atoms with Crippen LogP contribution in [-0.2, 0) is 14.3 Å². The monoisotopic (exact) mass is 459 g/mol. The number of hydrogen-bond donors (Lipinski definition) is 1. The minimum Gasteiger partial charge on any atom is -0.459 e. The highest BCUT2D eigenvalue weighted by Gasteiger charge is 2.42. The standard InChI is InChI=1S/C28H29NO5/c1-4-16(2)34-28(31)25-17(3)29-21-12-20(18-8-6-5-7-9-18)13-22(30)27(21)26(25)19-10-11-23-24(14-19)33-15-32-23/h5-11,14,16,20,26,29H,4,12-13,15H2,1-3H3/t16-,20-,26-/m0/s1. The quantitative estimate of drug-likeness (QED) is 0.626. The molecule has 6 heteroatoms. The Hall–Kier alpha value is -3.54. The van der Waals surface area contributed by atoms with Crippen molar-refractivity contribution in [3.05, 3.63) is 82.2 Å². The molecule has 0 amide bonds. The lowest BCUT2D eigenvalue weighted by molar-refractivity contribution is -0.144. The predicted molar refractivity (Wildman–Crippen MR) is 127 cm³/mol. The molecule has 176 valence electrons. The summed E-state index contributed by atoms with van der Waals surface area (Å²) in [4.78, 5) is 27.0. The first-order valence-electron chi connectivity index (χ1n) is 11.9. The molecule has 34 heavy (non-hydrogen) atoms.